The highest BCUT2D eigenvalue weighted by atomic mass is 79.9. The summed E-state index contributed by atoms with van der Waals surface area (Å²) in [5, 5.41) is 12.3. The van der Waals surface area contributed by atoms with Crippen LogP contribution in [0.3, 0.4) is 0 Å². The van der Waals surface area contributed by atoms with Crippen LogP contribution in [0.4, 0.5) is 0 Å². The van der Waals surface area contributed by atoms with Crippen LogP contribution in [0, 0.1) is 12.3 Å². The Morgan fingerprint density at radius 2 is 2.05 bits per heavy atom. The number of aromatic nitrogens is 3. The van der Waals surface area contributed by atoms with E-state index in [0.717, 1.165) is 10.2 Å². The highest BCUT2D eigenvalue weighted by Gasteiger charge is 2.19. The van der Waals surface area contributed by atoms with E-state index in [0.29, 0.717) is 17.2 Å². The van der Waals surface area contributed by atoms with Crippen LogP contribution in [0.25, 0.3) is 0 Å². The monoisotopic (exact) mass is 335 g/mol. The molecule has 0 saturated heterocycles. The van der Waals surface area contributed by atoms with E-state index in [1.54, 1.807) is 36.3 Å². The van der Waals surface area contributed by atoms with Gasteiger partial charge in [0.1, 0.15) is 0 Å². The fourth-order valence-electron chi connectivity index (χ4n) is 1.58. The topological polar surface area (TPSA) is 76.2 Å². The average molecular weight is 336 g/mol. The molecule has 0 unspecified atom stereocenters. The molecule has 2 aromatic heterocycles. The molecule has 0 aromatic carbocycles. The minimum atomic E-state index is 0.00297. The van der Waals surface area contributed by atoms with Crippen molar-refractivity contribution in [1.29, 1.82) is 5.41 Å². The Labute approximate surface area is 125 Å². The van der Waals surface area contributed by atoms with Gasteiger partial charge in [0.05, 0.1) is 10.2 Å². The Morgan fingerprint density at radius 1 is 1.40 bits per heavy atom. The lowest BCUT2D eigenvalue weighted by Crippen LogP contribution is -2.15. The molecule has 0 aliphatic rings. The number of halogens is 1. The molecule has 104 valence electrons. The molecule has 20 heavy (non-hydrogen) atoms. The molecule has 0 aliphatic heterocycles. The van der Waals surface area contributed by atoms with Crippen LogP contribution < -0.4 is 0 Å². The number of nitrogens with one attached hydrogen (secondary N) is 1. The zero-order valence-corrected chi connectivity index (χ0v) is 13.0. The van der Waals surface area contributed by atoms with E-state index >= 15 is 0 Å². The van der Waals surface area contributed by atoms with Gasteiger partial charge >= 0.3 is 0 Å². The summed E-state index contributed by atoms with van der Waals surface area (Å²) in [5.41, 5.74) is 2.16. The number of pyridine rings is 1. The van der Waals surface area contributed by atoms with E-state index < -0.39 is 0 Å². The van der Waals surface area contributed by atoms with Crippen LogP contribution in [0.15, 0.2) is 34.0 Å². The molecule has 0 aliphatic carbocycles. The Kier molecular flexibility index (Phi) is 4.29. The fraction of sp³-hybridized carbons (Fsp3) is 0.231. The first-order chi connectivity index (χ1) is 9.54. The second kappa shape index (κ2) is 5.96. The molecule has 0 amide bonds. The number of hydrogen-bond acceptors (Lipinski definition) is 5. The Hall–Kier alpha value is -2.02. The average Bonchev–Trinajstić information content (AvgIpc) is 2.73. The Balaban J connectivity index is 2.27. The van der Waals surface area contributed by atoms with Crippen molar-refractivity contribution >= 4 is 27.7 Å². The molecule has 2 rings (SSSR count). The minimum Gasteiger partial charge on any atom is -0.419 e. The summed E-state index contributed by atoms with van der Waals surface area (Å²) in [5.74, 6) is 0.297. The standard InChI is InChI=1S/C13H14BrN5O/c1-8-10(14)11(18-19(8)3)13(16-2)20-12(15)9-4-6-17-7-5-9/h4-7,15H,1-3H3/b15-12?,16-13-. The first kappa shape index (κ1) is 14.4. The summed E-state index contributed by atoms with van der Waals surface area (Å²) in [6.45, 7) is 1.93. The smallest absolute Gasteiger partial charge is 0.245 e. The van der Waals surface area contributed by atoms with Crippen molar-refractivity contribution in [2.24, 2.45) is 12.0 Å². The van der Waals surface area contributed by atoms with Crippen molar-refractivity contribution in [3.05, 3.63) is 46.0 Å². The number of aliphatic imine (C=N–C) groups is 1. The second-order valence-electron chi connectivity index (χ2n) is 4.07. The van der Waals surface area contributed by atoms with Crippen molar-refractivity contribution in [1.82, 2.24) is 14.8 Å². The molecular formula is C13H14BrN5O. The van der Waals surface area contributed by atoms with Crippen molar-refractivity contribution in [2.75, 3.05) is 7.05 Å². The van der Waals surface area contributed by atoms with Gasteiger partial charge in [-0.3, -0.25) is 20.1 Å². The second-order valence-corrected chi connectivity index (χ2v) is 4.86. The summed E-state index contributed by atoms with van der Waals surface area (Å²) in [4.78, 5) is 7.98. The van der Waals surface area contributed by atoms with Crippen molar-refractivity contribution in [3.63, 3.8) is 0 Å². The van der Waals surface area contributed by atoms with E-state index in [1.165, 1.54) is 0 Å². The predicted molar refractivity (Wildman–Crippen MR) is 80.3 cm³/mol. The van der Waals surface area contributed by atoms with Crippen molar-refractivity contribution in [3.8, 4) is 0 Å². The van der Waals surface area contributed by atoms with E-state index in [-0.39, 0.29) is 5.90 Å². The first-order valence-corrected chi connectivity index (χ1v) is 6.67. The highest BCUT2D eigenvalue weighted by Crippen LogP contribution is 2.21. The van der Waals surface area contributed by atoms with Crippen molar-refractivity contribution < 1.29 is 4.74 Å². The molecule has 0 spiro atoms. The molecule has 2 heterocycles. The Bertz CT molecular complexity index is 663. The van der Waals surface area contributed by atoms with E-state index in [4.69, 9.17) is 10.1 Å². The first-order valence-electron chi connectivity index (χ1n) is 5.87. The van der Waals surface area contributed by atoms with Crippen LogP contribution in [0.5, 0.6) is 0 Å². The summed E-state index contributed by atoms with van der Waals surface area (Å²) in [6.07, 6.45) is 3.22. The molecule has 2 aromatic rings. The van der Waals surface area contributed by atoms with Gasteiger partial charge in [-0.2, -0.15) is 5.10 Å². The number of ether oxygens (including phenoxy) is 1. The van der Waals surface area contributed by atoms with E-state index in [1.807, 2.05) is 14.0 Å². The van der Waals surface area contributed by atoms with Gasteiger partial charge in [-0.05, 0) is 35.0 Å². The van der Waals surface area contributed by atoms with E-state index in [2.05, 4.69) is 31.0 Å². The molecule has 1 N–H and O–H groups in total. The van der Waals surface area contributed by atoms with Gasteiger partial charge in [0.15, 0.2) is 5.69 Å². The number of hydrogen-bond donors (Lipinski definition) is 1. The quantitative estimate of drug-likeness (QED) is 0.675. The summed E-state index contributed by atoms with van der Waals surface area (Å²) < 4.78 is 8.06. The SMILES string of the molecule is C/N=C(\OC(=N)c1ccncc1)c1nn(C)c(C)c1Br. The molecular weight excluding hydrogens is 322 g/mol. The van der Waals surface area contributed by atoms with Crippen molar-refractivity contribution in [2.45, 2.75) is 6.92 Å². The maximum atomic E-state index is 7.96. The molecule has 0 fully saturated rings. The van der Waals surface area contributed by atoms with Gasteiger partial charge in [-0.15, -0.1) is 0 Å². The number of nitrogens with zero attached hydrogens (tertiary/aromatic N) is 4. The maximum absolute atomic E-state index is 7.96. The van der Waals surface area contributed by atoms with Gasteiger partial charge < -0.3 is 4.74 Å². The maximum Gasteiger partial charge on any atom is 0.245 e. The largest absolute Gasteiger partial charge is 0.419 e. The predicted octanol–water partition coefficient (Wildman–Crippen LogP) is 2.30. The Morgan fingerprint density at radius 3 is 2.55 bits per heavy atom. The molecule has 0 radical (unpaired) electrons. The van der Waals surface area contributed by atoms with Crippen LogP contribution >= 0.6 is 15.9 Å². The number of rotatable bonds is 2. The van der Waals surface area contributed by atoms with Gasteiger partial charge in [0.2, 0.25) is 11.8 Å². The fourth-order valence-corrected chi connectivity index (χ4v) is 2.08. The lowest BCUT2D eigenvalue weighted by atomic mass is 10.3. The summed E-state index contributed by atoms with van der Waals surface area (Å²) in [7, 11) is 3.44. The molecule has 0 atom stereocenters. The third-order valence-corrected chi connectivity index (χ3v) is 3.76. The molecule has 7 heteroatoms. The zero-order chi connectivity index (χ0) is 14.7. The van der Waals surface area contributed by atoms with Crippen LogP contribution in [-0.2, 0) is 11.8 Å². The van der Waals surface area contributed by atoms with Gasteiger partial charge in [-0.25, -0.2) is 0 Å². The lowest BCUT2D eigenvalue weighted by molar-refractivity contribution is 0.537. The van der Waals surface area contributed by atoms with Crippen LogP contribution in [0.2, 0.25) is 0 Å². The van der Waals surface area contributed by atoms with Gasteiger partial charge in [-0.1, -0.05) is 0 Å². The normalized spacial score (nSPS) is 11.5. The summed E-state index contributed by atoms with van der Waals surface area (Å²) in [6, 6.07) is 3.41. The zero-order valence-electron chi connectivity index (χ0n) is 11.4. The molecule has 0 saturated carbocycles. The third-order valence-electron chi connectivity index (χ3n) is 2.81. The summed E-state index contributed by atoms with van der Waals surface area (Å²) >= 11 is 3.46. The van der Waals surface area contributed by atoms with Crippen LogP contribution in [-0.4, -0.2) is 33.6 Å². The number of aryl methyl sites for hydroxylation is 1. The third kappa shape index (κ3) is 2.77. The van der Waals surface area contributed by atoms with E-state index in [9.17, 15) is 0 Å². The molecule has 0 bridgehead atoms. The van der Waals surface area contributed by atoms with Gasteiger partial charge in [0, 0.05) is 32.1 Å². The van der Waals surface area contributed by atoms with Crippen LogP contribution in [0.1, 0.15) is 17.0 Å². The molecule has 6 nitrogen and oxygen atoms in total. The minimum absolute atomic E-state index is 0.00297. The highest BCUT2D eigenvalue weighted by molar-refractivity contribution is 9.10. The lowest BCUT2D eigenvalue weighted by Gasteiger charge is -2.07. The van der Waals surface area contributed by atoms with Gasteiger partial charge in [0.25, 0.3) is 0 Å².